The average molecular weight is 400 g/mol. The summed E-state index contributed by atoms with van der Waals surface area (Å²) in [5.74, 6) is 0.396. The van der Waals surface area contributed by atoms with E-state index >= 15 is 0 Å². The zero-order valence-electron chi connectivity index (χ0n) is 16.6. The van der Waals surface area contributed by atoms with Crippen LogP contribution in [-0.4, -0.2) is 42.4 Å². The summed E-state index contributed by atoms with van der Waals surface area (Å²) in [6.45, 7) is 6.31. The number of nitrogens with one attached hydrogen (secondary N) is 2. The fraction of sp³-hybridized carbons (Fsp3) is 0.455. The summed E-state index contributed by atoms with van der Waals surface area (Å²) >= 11 is 1.68. The highest BCUT2D eigenvalue weighted by Gasteiger charge is 2.24. The molecular formula is C22H29N3O2S. The quantitative estimate of drug-likeness (QED) is 0.750. The van der Waals surface area contributed by atoms with Crippen LogP contribution >= 0.6 is 11.3 Å². The molecule has 1 aromatic carbocycles. The van der Waals surface area contributed by atoms with E-state index in [0.717, 1.165) is 25.9 Å². The standard InChI is InChI=1S/C22H29N3O2S/c1-16(2)21(19-9-6-14-28-19)24-20(26)15-25-12-10-18(11-13-25)23-22(27)17-7-4-3-5-8-17/h3-9,14,16,18,21H,10-13,15H2,1-2H3,(H,23,27)(H,24,26). The summed E-state index contributed by atoms with van der Waals surface area (Å²) in [5, 5.41) is 8.35. The summed E-state index contributed by atoms with van der Waals surface area (Å²) in [6.07, 6.45) is 1.73. The van der Waals surface area contributed by atoms with Crippen molar-refractivity contribution in [1.29, 1.82) is 0 Å². The predicted molar refractivity (Wildman–Crippen MR) is 113 cm³/mol. The molecule has 1 saturated heterocycles. The maximum absolute atomic E-state index is 12.5. The predicted octanol–water partition coefficient (Wildman–Crippen LogP) is 3.46. The number of hydrogen-bond donors (Lipinski definition) is 2. The van der Waals surface area contributed by atoms with Crippen molar-refractivity contribution in [2.24, 2.45) is 5.92 Å². The van der Waals surface area contributed by atoms with Gasteiger partial charge < -0.3 is 10.6 Å². The number of carbonyl (C=O) groups is 2. The van der Waals surface area contributed by atoms with Crippen LogP contribution < -0.4 is 10.6 Å². The summed E-state index contributed by atoms with van der Waals surface area (Å²) in [4.78, 5) is 28.2. The van der Waals surface area contributed by atoms with E-state index in [2.05, 4.69) is 35.4 Å². The van der Waals surface area contributed by atoms with E-state index in [0.29, 0.717) is 18.0 Å². The van der Waals surface area contributed by atoms with Crippen molar-refractivity contribution in [2.45, 2.75) is 38.8 Å². The van der Waals surface area contributed by atoms with Gasteiger partial charge in [0.05, 0.1) is 12.6 Å². The van der Waals surface area contributed by atoms with Gasteiger partial charge in [-0.15, -0.1) is 11.3 Å². The van der Waals surface area contributed by atoms with Crippen LogP contribution in [0.5, 0.6) is 0 Å². The molecular weight excluding hydrogens is 370 g/mol. The van der Waals surface area contributed by atoms with Crippen LogP contribution in [0.25, 0.3) is 0 Å². The zero-order valence-corrected chi connectivity index (χ0v) is 17.4. The Labute approximate surface area is 171 Å². The SMILES string of the molecule is CC(C)C(NC(=O)CN1CCC(NC(=O)c2ccccc2)CC1)c1cccs1. The van der Waals surface area contributed by atoms with Gasteiger partial charge in [0.15, 0.2) is 0 Å². The first-order valence-electron chi connectivity index (χ1n) is 9.94. The molecule has 0 aliphatic carbocycles. The average Bonchev–Trinajstić information content (AvgIpc) is 3.22. The number of benzene rings is 1. The molecule has 150 valence electrons. The molecule has 2 amide bonds. The number of nitrogens with zero attached hydrogens (tertiary/aromatic N) is 1. The van der Waals surface area contributed by atoms with Crippen molar-refractivity contribution < 1.29 is 9.59 Å². The lowest BCUT2D eigenvalue weighted by Crippen LogP contribution is -2.48. The van der Waals surface area contributed by atoms with E-state index in [1.807, 2.05) is 41.8 Å². The molecule has 2 heterocycles. The molecule has 1 unspecified atom stereocenters. The van der Waals surface area contributed by atoms with Crippen molar-refractivity contribution in [3.63, 3.8) is 0 Å². The van der Waals surface area contributed by atoms with Crippen LogP contribution in [0.4, 0.5) is 0 Å². The van der Waals surface area contributed by atoms with Gasteiger partial charge in [0.25, 0.3) is 5.91 Å². The van der Waals surface area contributed by atoms with Gasteiger partial charge in [0, 0.05) is 29.6 Å². The Bertz CT molecular complexity index is 753. The Kier molecular flexibility index (Phi) is 7.23. The summed E-state index contributed by atoms with van der Waals surface area (Å²) in [7, 11) is 0. The van der Waals surface area contributed by atoms with Crippen molar-refractivity contribution >= 4 is 23.2 Å². The van der Waals surface area contributed by atoms with E-state index in [-0.39, 0.29) is 23.9 Å². The number of carbonyl (C=O) groups excluding carboxylic acids is 2. The van der Waals surface area contributed by atoms with Crippen LogP contribution in [0.15, 0.2) is 47.8 Å². The summed E-state index contributed by atoms with van der Waals surface area (Å²) in [5.41, 5.74) is 0.692. The fourth-order valence-electron chi connectivity index (χ4n) is 3.55. The highest BCUT2D eigenvalue weighted by Crippen LogP contribution is 2.25. The van der Waals surface area contributed by atoms with Gasteiger partial charge in [-0.1, -0.05) is 38.1 Å². The van der Waals surface area contributed by atoms with Crippen molar-refractivity contribution in [3.8, 4) is 0 Å². The normalized spacial score (nSPS) is 16.7. The number of piperidine rings is 1. The molecule has 1 aliphatic heterocycles. The van der Waals surface area contributed by atoms with Gasteiger partial charge in [0.2, 0.25) is 5.91 Å². The maximum Gasteiger partial charge on any atom is 0.251 e. The molecule has 3 rings (SSSR count). The maximum atomic E-state index is 12.5. The summed E-state index contributed by atoms with van der Waals surface area (Å²) < 4.78 is 0. The first kappa shape index (κ1) is 20.6. The Morgan fingerprint density at radius 1 is 1.11 bits per heavy atom. The van der Waals surface area contributed by atoms with Crippen LogP contribution in [-0.2, 0) is 4.79 Å². The Morgan fingerprint density at radius 3 is 2.43 bits per heavy atom. The molecule has 0 spiro atoms. The molecule has 1 atom stereocenters. The van der Waals surface area contributed by atoms with Gasteiger partial charge in [-0.25, -0.2) is 0 Å². The lowest BCUT2D eigenvalue weighted by atomic mass is 10.0. The second-order valence-corrected chi connectivity index (χ2v) is 8.67. The molecule has 0 bridgehead atoms. The molecule has 2 aromatic rings. The minimum Gasteiger partial charge on any atom is -0.349 e. The van der Waals surface area contributed by atoms with Gasteiger partial charge in [-0.05, 0) is 42.3 Å². The molecule has 1 fully saturated rings. The van der Waals surface area contributed by atoms with Gasteiger partial charge in [0.1, 0.15) is 0 Å². The topological polar surface area (TPSA) is 61.4 Å². The summed E-state index contributed by atoms with van der Waals surface area (Å²) in [6, 6.07) is 13.6. The smallest absolute Gasteiger partial charge is 0.251 e. The lowest BCUT2D eigenvalue weighted by molar-refractivity contribution is -0.123. The second kappa shape index (κ2) is 9.85. The highest BCUT2D eigenvalue weighted by atomic mass is 32.1. The van der Waals surface area contributed by atoms with Crippen LogP contribution in [0.2, 0.25) is 0 Å². The van der Waals surface area contributed by atoms with E-state index in [1.54, 1.807) is 11.3 Å². The van der Waals surface area contributed by atoms with Gasteiger partial charge in [-0.2, -0.15) is 0 Å². The largest absolute Gasteiger partial charge is 0.349 e. The van der Waals surface area contributed by atoms with Crippen LogP contribution in [0.1, 0.15) is 48.0 Å². The second-order valence-electron chi connectivity index (χ2n) is 7.69. The molecule has 5 nitrogen and oxygen atoms in total. The van der Waals surface area contributed by atoms with Crippen molar-refractivity contribution in [3.05, 3.63) is 58.3 Å². The molecule has 28 heavy (non-hydrogen) atoms. The van der Waals surface area contributed by atoms with Crippen molar-refractivity contribution in [2.75, 3.05) is 19.6 Å². The zero-order chi connectivity index (χ0) is 19.9. The van der Waals surface area contributed by atoms with Gasteiger partial charge in [-0.3, -0.25) is 14.5 Å². The number of amides is 2. The highest BCUT2D eigenvalue weighted by molar-refractivity contribution is 7.10. The van der Waals surface area contributed by atoms with E-state index in [9.17, 15) is 9.59 Å². The lowest BCUT2D eigenvalue weighted by Gasteiger charge is -2.32. The number of thiophene rings is 1. The van der Waals surface area contributed by atoms with Gasteiger partial charge >= 0.3 is 0 Å². The molecule has 0 radical (unpaired) electrons. The first-order valence-corrected chi connectivity index (χ1v) is 10.8. The molecule has 1 aliphatic rings. The Morgan fingerprint density at radius 2 is 1.82 bits per heavy atom. The molecule has 6 heteroatoms. The fourth-order valence-corrected chi connectivity index (χ4v) is 4.50. The number of hydrogen-bond acceptors (Lipinski definition) is 4. The third-order valence-electron chi connectivity index (χ3n) is 5.16. The van der Waals surface area contributed by atoms with E-state index in [4.69, 9.17) is 0 Å². The van der Waals surface area contributed by atoms with Crippen molar-refractivity contribution in [1.82, 2.24) is 15.5 Å². The third-order valence-corrected chi connectivity index (χ3v) is 6.11. The van der Waals surface area contributed by atoms with E-state index < -0.39 is 0 Å². The minimum absolute atomic E-state index is 0.0208. The molecule has 2 N–H and O–H groups in total. The van der Waals surface area contributed by atoms with Crippen LogP contribution in [0.3, 0.4) is 0 Å². The molecule has 0 saturated carbocycles. The van der Waals surface area contributed by atoms with E-state index in [1.165, 1.54) is 4.88 Å². The Hall–Kier alpha value is -2.18. The molecule has 1 aromatic heterocycles. The minimum atomic E-state index is -0.0208. The monoisotopic (exact) mass is 399 g/mol. The Balaban J connectivity index is 1.43. The first-order chi connectivity index (χ1) is 13.5. The number of likely N-dealkylation sites (tertiary alicyclic amines) is 1. The third kappa shape index (κ3) is 5.66. The van der Waals surface area contributed by atoms with Crippen LogP contribution in [0, 0.1) is 5.92 Å². The number of rotatable bonds is 7.